The zero-order valence-electron chi connectivity index (χ0n) is 10.6. The number of nitrogens with one attached hydrogen (secondary N) is 2. The van der Waals surface area contributed by atoms with Crippen LogP contribution in [0.5, 0.6) is 0 Å². The van der Waals surface area contributed by atoms with Crippen molar-refractivity contribution in [2.24, 2.45) is 0 Å². The highest BCUT2D eigenvalue weighted by Gasteiger charge is 2.21. The molecule has 1 aliphatic heterocycles. The molecule has 0 aromatic carbocycles. The molecule has 0 radical (unpaired) electrons. The first-order chi connectivity index (χ1) is 8.66. The Labute approximate surface area is 108 Å². The van der Waals surface area contributed by atoms with Crippen molar-refractivity contribution in [1.82, 2.24) is 10.0 Å². The Morgan fingerprint density at radius 3 is 2.72 bits per heavy atom. The molecule has 1 unspecified atom stereocenters. The summed E-state index contributed by atoms with van der Waals surface area (Å²) >= 11 is 0. The SMILES string of the molecule is O=S(=O)(CCCNC1CC1)NCC1COCCO1. The Hall–Kier alpha value is -0.210. The molecule has 2 N–H and O–H groups in total. The molecule has 1 heterocycles. The Morgan fingerprint density at radius 1 is 1.22 bits per heavy atom. The van der Waals surface area contributed by atoms with E-state index < -0.39 is 10.0 Å². The van der Waals surface area contributed by atoms with Gasteiger partial charge in [-0.15, -0.1) is 0 Å². The first-order valence-corrected chi connectivity index (χ1v) is 8.21. The van der Waals surface area contributed by atoms with Gasteiger partial charge in [0.2, 0.25) is 10.0 Å². The minimum Gasteiger partial charge on any atom is -0.376 e. The molecule has 6 nitrogen and oxygen atoms in total. The fraction of sp³-hybridized carbons (Fsp3) is 1.00. The van der Waals surface area contributed by atoms with Gasteiger partial charge in [-0.2, -0.15) is 0 Å². The smallest absolute Gasteiger partial charge is 0.211 e. The van der Waals surface area contributed by atoms with Gasteiger partial charge in [0.05, 0.1) is 31.7 Å². The molecule has 0 aromatic rings. The van der Waals surface area contributed by atoms with Crippen LogP contribution in [0.2, 0.25) is 0 Å². The molecule has 18 heavy (non-hydrogen) atoms. The lowest BCUT2D eigenvalue weighted by Gasteiger charge is -2.23. The van der Waals surface area contributed by atoms with Crippen molar-refractivity contribution in [3.05, 3.63) is 0 Å². The van der Waals surface area contributed by atoms with Gasteiger partial charge in [0.1, 0.15) is 0 Å². The van der Waals surface area contributed by atoms with Crippen LogP contribution in [0, 0.1) is 0 Å². The summed E-state index contributed by atoms with van der Waals surface area (Å²) in [4.78, 5) is 0. The highest BCUT2D eigenvalue weighted by atomic mass is 32.2. The highest BCUT2D eigenvalue weighted by molar-refractivity contribution is 7.89. The van der Waals surface area contributed by atoms with Crippen molar-refractivity contribution >= 4 is 10.0 Å². The van der Waals surface area contributed by atoms with Crippen LogP contribution in [-0.4, -0.2) is 59.2 Å². The minimum atomic E-state index is -3.18. The maximum atomic E-state index is 11.7. The van der Waals surface area contributed by atoms with Gasteiger partial charge in [0.25, 0.3) is 0 Å². The van der Waals surface area contributed by atoms with Crippen LogP contribution in [0.4, 0.5) is 0 Å². The van der Waals surface area contributed by atoms with Gasteiger partial charge in [-0.3, -0.25) is 0 Å². The molecule has 0 aromatic heterocycles. The first-order valence-electron chi connectivity index (χ1n) is 6.56. The van der Waals surface area contributed by atoms with Crippen molar-refractivity contribution in [2.45, 2.75) is 31.4 Å². The number of hydrogen-bond donors (Lipinski definition) is 2. The Morgan fingerprint density at radius 2 is 2.06 bits per heavy atom. The van der Waals surface area contributed by atoms with E-state index in [9.17, 15) is 8.42 Å². The van der Waals surface area contributed by atoms with Crippen molar-refractivity contribution < 1.29 is 17.9 Å². The fourth-order valence-electron chi connectivity index (χ4n) is 1.80. The van der Waals surface area contributed by atoms with E-state index >= 15 is 0 Å². The zero-order chi connectivity index (χ0) is 12.8. The average molecular weight is 278 g/mol. The number of hydrogen-bond acceptors (Lipinski definition) is 5. The molecule has 1 saturated carbocycles. The molecule has 2 rings (SSSR count). The van der Waals surface area contributed by atoms with Crippen molar-refractivity contribution in [3.8, 4) is 0 Å². The van der Waals surface area contributed by atoms with E-state index in [1.54, 1.807) is 0 Å². The molecule has 7 heteroatoms. The van der Waals surface area contributed by atoms with Gasteiger partial charge in [0.15, 0.2) is 0 Å². The molecule has 0 spiro atoms. The summed E-state index contributed by atoms with van der Waals surface area (Å²) in [5, 5.41) is 3.30. The van der Waals surface area contributed by atoms with E-state index in [4.69, 9.17) is 9.47 Å². The molecule has 1 aliphatic carbocycles. The maximum Gasteiger partial charge on any atom is 0.211 e. The monoisotopic (exact) mass is 278 g/mol. The highest BCUT2D eigenvalue weighted by Crippen LogP contribution is 2.18. The second kappa shape index (κ2) is 6.81. The van der Waals surface area contributed by atoms with E-state index in [-0.39, 0.29) is 11.9 Å². The summed E-state index contributed by atoms with van der Waals surface area (Å²) in [5.74, 6) is 0.167. The van der Waals surface area contributed by atoms with Crippen molar-refractivity contribution in [1.29, 1.82) is 0 Å². The predicted octanol–water partition coefficient (Wildman–Crippen LogP) is -0.537. The largest absolute Gasteiger partial charge is 0.376 e. The predicted molar refractivity (Wildman–Crippen MR) is 68.0 cm³/mol. The van der Waals surface area contributed by atoms with Crippen LogP contribution < -0.4 is 10.0 Å². The first kappa shape index (κ1) is 14.2. The second-order valence-electron chi connectivity index (χ2n) is 4.82. The number of ether oxygens (including phenoxy) is 2. The van der Waals surface area contributed by atoms with Gasteiger partial charge in [0, 0.05) is 12.6 Å². The third-order valence-corrected chi connectivity index (χ3v) is 4.45. The van der Waals surface area contributed by atoms with Gasteiger partial charge >= 0.3 is 0 Å². The summed E-state index contributed by atoms with van der Waals surface area (Å²) in [6, 6.07) is 0.633. The molecule has 1 saturated heterocycles. The van der Waals surface area contributed by atoms with E-state index in [2.05, 4.69) is 10.0 Å². The second-order valence-corrected chi connectivity index (χ2v) is 6.74. The third kappa shape index (κ3) is 5.62. The van der Waals surface area contributed by atoms with Crippen LogP contribution >= 0.6 is 0 Å². The van der Waals surface area contributed by atoms with Crippen LogP contribution in [-0.2, 0) is 19.5 Å². The van der Waals surface area contributed by atoms with Crippen LogP contribution in [0.1, 0.15) is 19.3 Å². The van der Waals surface area contributed by atoms with E-state index in [0.29, 0.717) is 38.8 Å². The molecule has 2 aliphatic rings. The Balaban J connectivity index is 1.56. The maximum absolute atomic E-state index is 11.7. The van der Waals surface area contributed by atoms with E-state index in [1.165, 1.54) is 12.8 Å². The quantitative estimate of drug-likeness (QED) is 0.583. The Kier molecular flexibility index (Phi) is 5.38. The zero-order valence-corrected chi connectivity index (χ0v) is 11.4. The van der Waals surface area contributed by atoms with Gasteiger partial charge in [-0.05, 0) is 25.8 Å². The van der Waals surface area contributed by atoms with Crippen molar-refractivity contribution in [2.75, 3.05) is 38.7 Å². The van der Waals surface area contributed by atoms with E-state index in [1.807, 2.05) is 0 Å². The standard InChI is InChI=1S/C11H22N2O4S/c14-18(15,7-1-4-12-10-2-3-10)13-8-11-9-16-5-6-17-11/h10-13H,1-9H2. The molecule has 0 amide bonds. The summed E-state index contributed by atoms with van der Waals surface area (Å²) in [6.07, 6.45) is 2.94. The summed E-state index contributed by atoms with van der Waals surface area (Å²) in [6.45, 7) is 2.67. The fourth-order valence-corrected chi connectivity index (χ4v) is 2.91. The third-order valence-electron chi connectivity index (χ3n) is 3.02. The lowest BCUT2D eigenvalue weighted by Crippen LogP contribution is -2.40. The molecule has 0 bridgehead atoms. The lowest BCUT2D eigenvalue weighted by atomic mass is 10.3. The number of sulfonamides is 1. The molecule has 1 atom stereocenters. The molecule has 2 fully saturated rings. The lowest BCUT2D eigenvalue weighted by molar-refractivity contribution is -0.0846. The topological polar surface area (TPSA) is 76.7 Å². The van der Waals surface area contributed by atoms with Gasteiger partial charge < -0.3 is 14.8 Å². The van der Waals surface area contributed by atoms with Gasteiger partial charge in [-0.25, -0.2) is 13.1 Å². The van der Waals surface area contributed by atoms with Crippen LogP contribution in [0.15, 0.2) is 0 Å². The normalized spacial score (nSPS) is 25.2. The van der Waals surface area contributed by atoms with E-state index in [0.717, 1.165) is 6.54 Å². The number of rotatable bonds is 8. The van der Waals surface area contributed by atoms with Crippen molar-refractivity contribution in [3.63, 3.8) is 0 Å². The van der Waals surface area contributed by atoms with Crippen LogP contribution in [0.25, 0.3) is 0 Å². The van der Waals surface area contributed by atoms with Gasteiger partial charge in [-0.1, -0.05) is 0 Å². The van der Waals surface area contributed by atoms with Crippen LogP contribution in [0.3, 0.4) is 0 Å². The summed E-state index contributed by atoms with van der Waals surface area (Å²) < 4.78 is 36.6. The molecular weight excluding hydrogens is 256 g/mol. The summed E-state index contributed by atoms with van der Waals surface area (Å²) in [5.41, 5.74) is 0. The minimum absolute atomic E-state index is 0.155. The summed E-state index contributed by atoms with van der Waals surface area (Å²) in [7, 11) is -3.18. The molecule has 106 valence electrons. The average Bonchev–Trinajstić information content (AvgIpc) is 3.18. The molecular formula is C11H22N2O4S. The Bertz CT molecular complexity index is 337.